The quantitative estimate of drug-likeness (QED) is 0.733. The maximum absolute atomic E-state index is 12.2. The predicted molar refractivity (Wildman–Crippen MR) is 70.7 cm³/mol. The van der Waals surface area contributed by atoms with E-state index in [0.717, 1.165) is 4.31 Å². The minimum Gasteiger partial charge on any atom is -0.381 e. The summed E-state index contributed by atoms with van der Waals surface area (Å²) < 4.78 is 26.7. The van der Waals surface area contributed by atoms with Crippen LogP contribution in [0.25, 0.3) is 0 Å². The Morgan fingerprint density at radius 1 is 1.58 bits per heavy atom. The zero-order valence-corrected chi connectivity index (χ0v) is 12.2. The topological polar surface area (TPSA) is 110 Å². The second-order valence-corrected chi connectivity index (χ2v) is 6.55. The minimum atomic E-state index is -3.82. The molecule has 0 spiro atoms. The summed E-state index contributed by atoms with van der Waals surface area (Å²) in [6.07, 6.45) is 1.31. The number of rotatable bonds is 5. The molecule has 0 saturated carbocycles. The van der Waals surface area contributed by atoms with Gasteiger partial charge in [-0.1, -0.05) is 0 Å². The van der Waals surface area contributed by atoms with Crippen molar-refractivity contribution in [1.29, 1.82) is 0 Å². The molecule has 1 aromatic rings. The van der Waals surface area contributed by atoms with Crippen molar-refractivity contribution in [2.45, 2.75) is 24.8 Å². The lowest BCUT2D eigenvalue weighted by Crippen LogP contribution is -2.40. The molecule has 0 atom stereocenters. The van der Waals surface area contributed by atoms with Crippen molar-refractivity contribution in [2.75, 3.05) is 19.3 Å². The second kappa shape index (κ2) is 5.57. The molecule has 3 N–H and O–H groups in total. The summed E-state index contributed by atoms with van der Waals surface area (Å²) in [5, 5.41) is 6.40. The third-order valence-electron chi connectivity index (χ3n) is 2.33. The van der Waals surface area contributed by atoms with Crippen molar-refractivity contribution in [3.05, 3.63) is 6.20 Å². The summed E-state index contributed by atoms with van der Waals surface area (Å²) in [5.74, 6) is -0.456. The van der Waals surface area contributed by atoms with Crippen LogP contribution in [0.2, 0.25) is 0 Å². The Morgan fingerprint density at radius 3 is 2.58 bits per heavy atom. The molecule has 19 heavy (non-hydrogen) atoms. The second-order valence-electron chi connectivity index (χ2n) is 4.54. The third-order valence-corrected chi connectivity index (χ3v) is 4.15. The molecule has 108 valence electrons. The number of nitrogens with zero attached hydrogens (tertiary/aromatic N) is 3. The zero-order chi connectivity index (χ0) is 14.8. The maximum Gasteiger partial charge on any atom is 0.248 e. The lowest BCUT2D eigenvalue weighted by atomic mass is 10.4. The number of likely N-dealkylation sites (N-methyl/N-ethyl adjacent to an activating group) is 1. The number of carbonyl (C=O) groups is 1. The van der Waals surface area contributed by atoms with Crippen LogP contribution in [0.4, 0.5) is 5.82 Å². The minimum absolute atomic E-state index is 0.0490. The zero-order valence-electron chi connectivity index (χ0n) is 11.4. The molecule has 0 bridgehead atoms. The number of aryl methyl sites for hydroxylation is 1. The highest BCUT2D eigenvalue weighted by Crippen LogP contribution is 2.19. The lowest BCUT2D eigenvalue weighted by molar-refractivity contribution is -0.121. The molecular formula is C10H19N5O3S. The first-order chi connectivity index (χ1) is 8.64. The standard InChI is InChI=1S/C10H19N5O3S/c1-7(2)12-9(16)6-15(4)19(17,18)8-5-14(3)13-10(8)11/h5,7H,6H2,1-4H3,(H2,11,13)(H,12,16). The van der Waals surface area contributed by atoms with Gasteiger partial charge in [-0.2, -0.15) is 9.40 Å². The Balaban J connectivity index is 2.89. The summed E-state index contributed by atoms with van der Waals surface area (Å²) in [7, 11) is -0.924. The number of hydrogen-bond donors (Lipinski definition) is 2. The number of carbonyl (C=O) groups excluding carboxylic acids is 1. The molecule has 9 heteroatoms. The van der Waals surface area contributed by atoms with Gasteiger partial charge in [-0.3, -0.25) is 9.48 Å². The molecule has 0 aliphatic heterocycles. The Bertz CT molecular complexity index is 564. The van der Waals surface area contributed by atoms with Gasteiger partial charge in [0.15, 0.2) is 5.82 Å². The van der Waals surface area contributed by atoms with Crippen LogP contribution in [0, 0.1) is 0 Å². The van der Waals surface area contributed by atoms with Gasteiger partial charge in [0, 0.05) is 26.3 Å². The van der Waals surface area contributed by atoms with E-state index in [2.05, 4.69) is 10.4 Å². The molecule has 0 fully saturated rings. The first-order valence-corrected chi connectivity index (χ1v) is 7.13. The van der Waals surface area contributed by atoms with Crippen LogP contribution in [0.3, 0.4) is 0 Å². The first kappa shape index (κ1) is 15.4. The monoisotopic (exact) mass is 289 g/mol. The number of hydrogen-bond acceptors (Lipinski definition) is 5. The van der Waals surface area contributed by atoms with Crippen LogP contribution in [0.15, 0.2) is 11.1 Å². The van der Waals surface area contributed by atoms with Gasteiger partial charge in [-0.25, -0.2) is 8.42 Å². The first-order valence-electron chi connectivity index (χ1n) is 5.69. The van der Waals surface area contributed by atoms with Gasteiger partial charge in [-0.15, -0.1) is 0 Å². The number of anilines is 1. The van der Waals surface area contributed by atoms with Crippen LogP contribution >= 0.6 is 0 Å². The van der Waals surface area contributed by atoms with Crippen LogP contribution in [0.5, 0.6) is 0 Å². The van der Waals surface area contributed by atoms with Crippen LogP contribution in [-0.2, 0) is 21.9 Å². The Labute approximate surface area is 112 Å². The van der Waals surface area contributed by atoms with E-state index in [4.69, 9.17) is 5.73 Å². The van der Waals surface area contributed by atoms with E-state index in [1.165, 1.54) is 17.9 Å². The van der Waals surface area contributed by atoms with Gasteiger partial charge in [0.25, 0.3) is 0 Å². The van der Waals surface area contributed by atoms with Crippen molar-refractivity contribution in [3.63, 3.8) is 0 Å². The average Bonchev–Trinajstić information content (AvgIpc) is 2.56. The molecule has 0 aromatic carbocycles. The van der Waals surface area contributed by atoms with Gasteiger partial charge >= 0.3 is 0 Å². The Morgan fingerprint density at radius 2 is 2.16 bits per heavy atom. The molecule has 0 saturated heterocycles. The van der Waals surface area contributed by atoms with E-state index >= 15 is 0 Å². The number of amides is 1. The predicted octanol–water partition coefficient (Wildman–Crippen LogP) is -0.853. The fourth-order valence-electron chi connectivity index (χ4n) is 1.51. The normalized spacial score (nSPS) is 12.1. The largest absolute Gasteiger partial charge is 0.381 e. The number of nitrogen functional groups attached to an aromatic ring is 1. The molecule has 8 nitrogen and oxygen atoms in total. The molecule has 0 radical (unpaired) electrons. The summed E-state index contributed by atoms with van der Waals surface area (Å²) in [4.78, 5) is 11.5. The van der Waals surface area contributed by atoms with Crippen molar-refractivity contribution in [3.8, 4) is 0 Å². The Kier molecular flexibility index (Phi) is 4.53. The van der Waals surface area contributed by atoms with Crippen LogP contribution in [-0.4, -0.2) is 48.0 Å². The van der Waals surface area contributed by atoms with E-state index < -0.39 is 10.0 Å². The van der Waals surface area contributed by atoms with E-state index in [9.17, 15) is 13.2 Å². The molecule has 0 aliphatic rings. The van der Waals surface area contributed by atoms with Crippen molar-refractivity contribution in [2.24, 2.45) is 7.05 Å². The van der Waals surface area contributed by atoms with Crippen molar-refractivity contribution in [1.82, 2.24) is 19.4 Å². The SMILES string of the molecule is CC(C)NC(=O)CN(C)S(=O)(=O)c1cn(C)nc1N. The van der Waals surface area contributed by atoms with Crippen molar-refractivity contribution >= 4 is 21.7 Å². The fourth-order valence-corrected chi connectivity index (χ4v) is 2.72. The molecule has 1 aromatic heterocycles. The highest BCUT2D eigenvalue weighted by Gasteiger charge is 2.27. The van der Waals surface area contributed by atoms with Crippen molar-refractivity contribution < 1.29 is 13.2 Å². The van der Waals surface area contributed by atoms with E-state index in [-0.39, 0.29) is 29.2 Å². The van der Waals surface area contributed by atoms with Gasteiger partial charge in [0.2, 0.25) is 15.9 Å². The van der Waals surface area contributed by atoms with Gasteiger partial charge in [0.1, 0.15) is 4.90 Å². The summed E-state index contributed by atoms with van der Waals surface area (Å²) in [6, 6.07) is -0.0490. The molecule has 0 unspecified atom stereocenters. The molecule has 1 amide bonds. The average molecular weight is 289 g/mol. The smallest absolute Gasteiger partial charge is 0.248 e. The number of nitrogens with one attached hydrogen (secondary N) is 1. The van der Waals surface area contributed by atoms with E-state index in [1.54, 1.807) is 20.9 Å². The van der Waals surface area contributed by atoms with Gasteiger partial charge in [0.05, 0.1) is 6.54 Å². The summed E-state index contributed by atoms with van der Waals surface area (Å²) >= 11 is 0. The van der Waals surface area contributed by atoms with Crippen LogP contribution < -0.4 is 11.1 Å². The maximum atomic E-state index is 12.2. The highest BCUT2D eigenvalue weighted by molar-refractivity contribution is 7.89. The number of nitrogens with two attached hydrogens (primary N) is 1. The number of aromatic nitrogens is 2. The van der Waals surface area contributed by atoms with Gasteiger partial charge < -0.3 is 11.1 Å². The molecule has 1 heterocycles. The Hall–Kier alpha value is -1.61. The van der Waals surface area contributed by atoms with E-state index in [0.29, 0.717) is 0 Å². The molecule has 1 rings (SSSR count). The highest BCUT2D eigenvalue weighted by atomic mass is 32.2. The third kappa shape index (κ3) is 3.67. The fraction of sp³-hybridized carbons (Fsp3) is 0.600. The molecular weight excluding hydrogens is 270 g/mol. The summed E-state index contributed by atoms with van der Waals surface area (Å²) in [5.41, 5.74) is 5.54. The van der Waals surface area contributed by atoms with Gasteiger partial charge in [-0.05, 0) is 13.8 Å². The van der Waals surface area contributed by atoms with Crippen LogP contribution in [0.1, 0.15) is 13.8 Å². The van der Waals surface area contributed by atoms with E-state index in [1.807, 2.05) is 0 Å². The number of sulfonamides is 1. The lowest BCUT2D eigenvalue weighted by Gasteiger charge is -2.17. The molecule has 0 aliphatic carbocycles. The summed E-state index contributed by atoms with van der Waals surface area (Å²) in [6.45, 7) is 3.33.